The molecule has 0 aliphatic rings. The smallest absolute Gasteiger partial charge is 0.142 e. The molecule has 0 saturated heterocycles. The van der Waals surface area contributed by atoms with E-state index in [1.807, 2.05) is 11.6 Å². The quantitative estimate of drug-likeness (QED) is 0.422. The Morgan fingerprint density at radius 2 is 1.69 bits per heavy atom. The van der Waals surface area contributed by atoms with Crippen molar-refractivity contribution in [1.29, 1.82) is 0 Å². The van der Waals surface area contributed by atoms with Crippen LogP contribution in [0.2, 0.25) is 0 Å². The summed E-state index contributed by atoms with van der Waals surface area (Å²) in [5.74, 6) is 1.73. The van der Waals surface area contributed by atoms with Crippen LogP contribution in [0.4, 0.5) is 0 Å². The van der Waals surface area contributed by atoms with Crippen molar-refractivity contribution in [3.8, 4) is 0 Å². The molecule has 0 aliphatic carbocycles. The Balaban J connectivity index is 3.30. The van der Waals surface area contributed by atoms with Crippen LogP contribution in [0.5, 0.6) is 0 Å². The minimum Gasteiger partial charge on any atom is -0.245 e. The lowest BCUT2D eigenvalue weighted by molar-refractivity contribution is -0.489. The Morgan fingerprint density at radius 1 is 1.08 bits per heavy atom. The van der Waals surface area contributed by atoms with Gasteiger partial charge in [-0.3, -0.25) is 0 Å². The summed E-state index contributed by atoms with van der Waals surface area (Å²) in [6, 6.07) is 0. The van der Waals surface area contributed by atoms with E-state index in [1.165, 1.54) is 25.7 Å². The average Bonchev–Trinajstić information content (AvgIpc) is 2.00. The molecule has 0 aromatic carbocycles. The van der Waals surface area contributed by atoms with E-state index in [0.29, 0.717) is 0 Å². The summed E-state index contributed by atoms with van der Waals surface area (Å²) in [5.41, 5.74) is 0. The van der Waals surface area contributed by atoms with E-state index in [0.717, 1.165) is 18.4 Å². The van der Waals surface area contributed by atoms with E-state index in [4.69, 9.17) is 0 Å². The van der Waals surface area contributed by atoms with Crippen LogP contribution in [0.25, 0.3) is 0 Å². The molecule has 13 heavy (non-hydrogen) atoms. The zero-order valence-corrected chi connectivity index (χ0v) is 9.84. The first-order valence-electron chi connectivity index (χ1n) is 5.54. The molecule has 0 aliphatic heterocycles. The van der Waals surface area contributed by atoms with Crippen molar-refractivity contribution in [1.82, 2.24) is 0 Å². The van der Waals surface area contributed by atoms with Crippen LogP contribution in [0.15, 0.2) is 0 Å². The summed E-state index contributed by atoms with van der Waals surface area (Å²) in [5, 5.41) is 0. The predicted molar refractivity (Wildman–Crippen MR) is 60.6 cm³/mol. The summed E-state index contributed by atoms with van der Waals surface area (Å²) in [6.45, 7) is 11.9. The largest absolute Gasteiger partial charge is 0.245 e. The van der Waals surface area contributed by atoms with Crippen LogP contribution in [-0.4, -0.2) is 24.9 Å². The molecule has 78 valence electrons. The molecule has 0 spiro atoms. The van der Waals surface area contributed by atoms with Crippen molar-refractivity contribution in [2.45, 2.75) is 46.5 Å². The van der Waals surface area contributed by atoms with Crippen molar-refractivity contribution >= 4 is 6.72 Å². The first-order chi connectivity index (χ1) is 6.02. The summed E-state index contributed by atoms with van der Waals surface area (Å²) >= 11 is 0. The highest BCUT2D eigenvalue weighted by Crippen LogP contribution is 2.14. The average molecular weight is 184 g/mol. The third-order valence-corrected chi connectivity index (χ3v) is 2.48. The van der Waals surface area contributed by atoms with Gasteiger partial charge < -0.3 is 0 Å². The zero-order chi connectivity index (χ0) is 10.3. The van der Waals surface area contributed by atoms with Gasteiger partial charge in [0.1, 0.15) is 20.3 Å². The maximum atomic E-state index is 3.85. The van der Waals surface area contributed by atoms with Gasteiger partial charge in [-0.2, -0.15) is 0 Å². The first-order valence-corrected chi connectivity index (χ1v) is 5.54. The lowest BCUT2D eigenvalue weighted by Gasteiger charge is -2.10. The van der Waals surface area contributed by atoms with Crippen LogP contribution in [-0.2, 0) is 0 Å². The van der Waals surface area contributed by atoms with Gasteiger partial charge in [0.2, 0.25) is 0 Å². The van der Waals surface area contributed by atoms with Crippen LogP contribution in [0, 0.1) is 11.8 Å². The van der Waals surface area contributed by atoms with Gasteiger partial charge in [0.15, 0.2) is 0 Å². The van der Waals surface area contributed by atoms with Crippen molar-refractivity contribution in [2.75, 3.05) is 13.6 Å². The Bertz CT molecular complexity index is 138. The topological polar surface area (TPSA) is 3.01 Å². The fraction of sp³-hybridized carbons (Fsp3) is 0.917. The summed E-state index contributed by atoms with van der Waals surface area (Å²) in [4.78, 5) is 0. The minimum atomic E-state index is 0.864. The third kappa shape index (κ3) is 9.59. The highest BCUT2D eigenvalue weighted by Gasteiger charge is 2.04. The van der Waals surface area contributed by atoms with E-state index < -0.39 is 0 Å². The van der Waals surface area contributed by atoms with Gasteiger partial charge in [-0.1, -0.05) is 40.0 Å². The van der Waals surface area contributed by atoms with Gasteiger partial charge in [-0.15, -0.1) is 0 Å². The van der Waals surface area contributed by atoms with E-state index >= 15 is 0 Å². The second kappa shape index (κ2) is 7.11. The summed E-state index contributed by atoms with van der Waals surface area (Å²) in [7, 11) is 2.04. The van der Waals surface area contributed by atoms with Gasteiger partial charge in [0, 0.05) is 6.42 Å². The standard InChI is InChI=1S/C12H26N/c1-11(2)7-6-8-12(3)9-10-13(4)5/h11-12H,4,6-10H2,1-3,5H3/q+1. The minimum absolute atomic E-state index is 0.864. The van der Waals surface area contributed by atoms with Crippen LogP contribution in [0.3, 0.4) is 0 Å². The van der Waals surface area contributed by atoms with Crippen molar-refractivity contribution in [2.24, 2.45) is 11.8 Å². The summed E-state index contributed by atoms with van der Waals surface area (Å²) in [6.07, 6.45) is 5.44. The molecule has 0 rings (SSSR count). The third-order valence-electron chi connectivity index (χ3n) is 2.48. The number of hydrogen-bond acceptors (Lipinski definition) is 0. The predicted octanol–water partition coefficient (Wildman–Crippen LogP) is 3.18. The summed E-state index contributed by atoms with van der Waals surface area (Å²) < 4.78 is 2.03. The molecule has 1 heteroatoms. The van der Waals surface area contributed by atoms with Crippen molar-refractivity contribution < 1.29 is 4.58 Å². The normalized spacial score (nSPS) is 13.3. The lowest BCUT2D eigenvalue weighted by Crippen LogP contribution is -2.08. The molecule has 0 fully saturated rings. The first kappa shape index (κ1) is 12.7. The monoisotopic (exact) mass is 184 g/mol. The Hall–Kier alpha value is -0.330. The number of nitrogens with zero attached hydrogens (tertiary/aromatic N) is 1. The highest BCUT2D eigenvalue weighted by molar-refractivity contribution is 5.13. The SMILES string of the molecule is C=[N+](C)CCC(C)CCCC(C)C. The number of rotatable bonds is 7. The molecule has 0 saturated carbocycles. The van der Waals surface area contributed by atoms with E-state index in [1.54, 1.807) is 0 Å². The molecule has 0 bridgehead atoms. The van der Waals surface area contributed by atoms with Gasteiger partial charge in [0.25, 0.3) is 0 Å². The fourth-order valence-electron chi connectivity index (χ4n) is 1.46. The van der Waals surface area contributed by atoms with Crippen LogP contribution < -0.4 is 0 Å². The van der Waals surface area contributed by atoms with E-state index in [9.17, 15) is 0 Å². The second-order valence-corrected chi connectivity index (χ2v) is 4.80. The molecule has 0 amide bonds. The Morgan fingerprint density at radius 3 is 2.15 bits per heavy atom. The Labute approximate surface area is 83.9 Å². The molecule has 0 radical (unpaired) electrons. The maximum Gasteiger partial charge on any atom is 0.142 e. The molecule has 0 N–H and O–H groups in total. The second-order valence-electron chi connectivity index (χ2n) is 4.80. The van der Waals surface area contributed by atoms with Crippen molar-refractivity contribution in [3.63, 3.8) is 0 Å². The molecule has 0 aromatic rings. The molecule has 1 atom stereocenters. The van der Waals surface area contributed by atoms with E-state index in [2.05, 4.69) is 27.5 Å². The molecule has 0 aromatic heterocycles. The van der Waals surface area contributed by atoms with Crippen LogP contribution in [0.1, 0.15) is 46.5 Å². The molecule has 1 unspecified atom stereocenters. The lowest BCUT2D eigenvalue weighted by atomic mass is 9.97. The highest BCUT2D eigenvalue weighted by atomic mass is 14.9. The van der Waals surface area contributed by atoms with Gasteiger partial charge in [-0.25, -0.2) is 4.58 Å². The number of hydrogen-bond donors (Lipinski definition) is 0. The molecular formula is C12H26N+. The van der Waals surface area contributed by atoms with Crippen molar-refractivity contribution in [3.05, 3.63) is 0 Å². The van der Waals surface area contributed by atoms with Crippen LogP contribution >= 0.6 is 0 Å². The molecule has 1 nitrogen and oxygen atoms in total. The maximum absolute atomic E-state index is 3.85. The van der Waals surface area contributed by atoms with E-state index in [-0.39, 0.29) is 0 Å². The Kier molecular flexibility index (Phi) is 6.93. The van der Waals surface area contributed by atoms with Gasteiger partial charge in [-0.05, 0) is 11.8 Å². The van der Waals surface area contributed by atoms with Gasteiger partial charge in [0.05, 0.1) is 0 Å². The van der Waals surface area contributed by atoms with Gasteiger partial charge >= 0.3 is 0 Å². The molecule has 0 heterocycles. The zero-order valence-electron chi connectivity index (χ0n) is 9.84. The fourth-order valence-corrected chi connectivity index (χ4v) is 1.46. The molecular weight excluding hydrogens is 158 g/mol.